The summed E-state index contributed by atoms with van der Waals surface area (Å²) in [5.74, 6) is -2.76. The van der Waals surface area contributed by atoms with Crippen LogP contribution in [-0.2, 0) is 14.8 Å². The predicted molar refractivity (Wildman–Crippen MR) is 49.9 cm³/mol. The monoisotopic (exact) mass is 264 g/mol. The van der Waals surface area contributed by atoms with Crippen molar-refractivity contribution in [2.75, 3.05) is 13.1 Å². The molecule has 0 rings (SSSR count). The largest absolute Gasteiger partial charge is 0.490 e. The molecule has 0 aliphatic carbocycles. The topological polar surface area (TPSA) is 109 Å². The number of hydrogen-bond acceptors (Lipinski definition) is 4. The van der Waals surface area contributed by atoms with Crippen LogP contribution in [0.5, 0.6) is 0 Å². The lowest BCUT2D eigenvalue weighted by molar-refractivity contribution is -0.192. The molecule has 6 nitrogen and oxygen atoms in total. The zero-order valence-electron chi connectivity index (χ0n) is 7.99. The Hall–Kier alpha value is -1.13. The normalized spacial score (nSPS) is 11.2. The van der Waals surface area contributed by atoms with Crippen molar-refractivity contribution in [1.82, 2.24) is 4.72 Å². The SMILES string of the molecule is C=CS(=O)(=O)NCCN.O=C(O)C(F)(F)F. The minimum Gasteiger partial charge on any atom is -0.475 e. The Morgan fingerprint density at radius 3 is 2.06 bits per heavy atom. The molecule has 0 fully saturated rings. The third kappa shape index (κ3) is 10.9. The van der Waals surface area contributed by atoms with Crippen LogP contribution >= 0.6 is 0 Å². The molecule has 4 N–H and O–H groups in total. The second-order valence-corrected chi connectivity index (χ2v) is 3.91. The second-order valence-electron chi connectivity index (χ2n) is 2.20. The summed E-state index contributed by atoms with van der Waals surface area (Å²) < 4.78 is 54.9. The highest BCUT2D eigenvalue weighted by Crippen LogP contribution is 2.13. The number of sulfonamides is 1. The van der Waals surface area contributed by atoms with Crippen LogP contribution < -0.4 is 10.5 Å². The molecule has 0 unspecified atom stereocenters. The summed E-state index contributed by atoms with van der Waals surface area (Å²) in [7, 11) is -3.25. The molecule has 16 heavy (non-hydrogen) atoms. The molecule has 0 atom stereocenters. The van der Waals surface area contributed by atoms with E-state index in [4.69, 9.17) is 15.6 Å². The Kier molecular flexibility index (Phi) is 7.77. The van der Waals surface area contributed by atoms with Gasteiger partial charge in [0, 0.05) is 18.5 Å². The smallest absolute Gasteiger partial charge is 0.475 e. The first-order valence-electron chi connectivity index (χ1n) is 3.69. The fourth-order valence-electron chi connectivity index (χ4n) is 0.260. The zero-order chi connectivity index (χ0) is 13.4. The molecule has 0 radical (unpaired) electrons. The molecule has 0 aromatic rings. The van der Waals surface area contributed by atoms with Gasteiger partial charge < -0.3 is 10.8 Å². The summed E-state index contributed by atoms with van der Waals surface area (Å²) in [5.41, 5.74) is 5.03. The number of nitrogens with two attached hydrogens (primary N) is 1. The lowest BCUT2D eigenvalue weighted by Gasteiger charge is -1.96. The summed E-state index contributed by atoms with van der Waals surface area (Å²) in [6.07, 6.45) is -5.08. The average molecular weight is 264 g/mol. The van der Waals surface area contributed by atoms with Gasteiger partial charge in [0.15, 0.2) is 0 Å². The van der Waals surface area contributed by atoms with Crippen LogP contribution in [0, 0.1) is 0 Å². The molecule has 0 saturated heterocycles. The van der Waals surface area contributed by atoms with E-state index < -0.39 is 22.2 Å². The predicted octanol–water partition coefficient (Wildman–Crippen LogP) is -0.359. The summed E-state index contributed by atoms with van der Waals surface area (Å²) >= 11 is 0. The van der Waals surface area contributed by atoms with Crippen LogP contribution in [0.4, 0.5) is 13.2 Å². The van der Waals surface area contributed by atoms with Gasteiger partial charge >= 0.3 is 12.1 Å². The summed E-state index contributed by atoms with van der Waals surface area (Å²) in [6, 6.07) is 0. The van der Waals surface area contributed by atoms with Crippen molar-refractivity contribution in [2.45, 2.75) is 6.18 Å². The maximum absolute atomic E-state index is 10.6. The van der Waals surface area contributed by atoms with Gasteiger partial charge in [-0.15, -0.1) is 0 Å². The van der Waals surface area contributed by atoms with Crippen LogP contribution in [0.3, 0.4) is 0 Å². The van der Waals surface area contributed by atoms with E-state index in [1.807, 2.05) is 0 Å². The number of halogens is 3. The van der Waals surface area contributed by atoms with Crippen molar-refractivity contribution in [1.29, 1.82) is 0 Å². The minimum absolute atomic E-state index is 0.258. The fraction of sp³-hybridized carbons (Fsp3) is 0.500. The molecule has 10 heteroatoms. The number of carbonyl (C=O) groups is 1. The average Bonchev–Trinajstić information content (AvgIpc) is 2.14. The highest BCUT2D eigenvalue weighted by molar-refractivity contribution is 7.92. The molecule has 96 valence electrons. The van der Waals surface area contributed by atoms with Crippen LogP contribution in [0.25, 0.3) is 0 Å². The molecule has 0 amide bonds. The molecule has 0 spiro atoms. The van der Waals surface area contributed by atoms with Crippen LogP contribution in [0.15, 0.2) is 12.0 Å². The number of hydrogen-bond donors (Lipinski definition) is 3. The van der Waals surface area contributed by atoms with Crippen LogP contribution in [-0.4, -0.2) is 38.8 Å². The number of nitrogens with one attached hydrogen (secondary N) is 1. The fourth-order valence-corrected chi connectivity index (χ4v) is 0.780. The number of aliphatic carboxylic acids is 1. The highest BCUT2D eigenvalue weighted by Gasteiger charge is 2.38. The molecule has 0 heterocycles. The van der Waals surface area contributed by atoms with Gasteiger partial charge in [-0.05, 0) is 0 Å². The Morgan fingerprint density at radius 2 is 1.88 bits per heavy atom. The summed E-state index contributed by atoms with van der Waals surface area (Å²) in [5, 5.41) is 7.97. The summed E-state index contributed by atoms with van der Waals surface area (Å²) in [6.45, 7) is 3.65. The molecule has 0 aromatic heterocycles. The van der Waals surface area contributed by atoms with Gasteiger partial charge in [0.2, 0.25) is 10.0 Å². The molecule has 0 aromatic carbocycles. The Bertz CT molecular complexity index is 325. The van der Waals surface area contributed by atoms with Gasteiger partial charge in [0.25, 0.3) is 0 Å². The van der Waals surface area contributed by atoms with Gasteiger partial charge in [-0.25, -0.2) is 17.9 Å². The van der Waals surface area contributed by atoms with E-state index in [0.29, 0.717) is 6.54 Å². The number of rotatable bonds is 4. The van der Waals surface area contributed by atoms with Crippen molar-refractivity contribution in [3.63, 3.8) is 0 Å². The van der Waals surface area contributed by atoms with Gasteiger partial charge in [-0.3, -0.25) is 0 Å². The van der Waals surface area contributed by atoms with Gasteiger partial charge in [0.1, 0.15) is 0 Å². The molecule has 0 bridgehead atoms. The van der Waals surface area contributed by atoms with E-state index in [-0.39, 0.29) is 6.54 Å². The third-order valence-corrected chi connectivity index (χ3v) is 1.95. The number of carboxylic acids is 1. The van der Waals surface area contributed by atoms with Crippen molar-refractivity contribution in [3.8, 4) is 0 Å². The maximum atomic E-state index is 10.6. The zero-order valence-corrected chi connectivity index (χ0v) is 8.81. The van der Waals surface area contributed by atoms with Crippen molar-refractivity contribution in [2.24, 2.45) is 5.73 Å². The van der Waals surface area contributed by atoms with E-state index in [9.17, 15) is 21.6 Å². The Morgan fingerprint density at radius 1 is 1.50 bits per heavy atom. The molecular weight excluding hydrogens is 253 g/mol. The van der Waals surface area contributed by atoms with E-state index in [2.05, 4.69) is 11.3 Å². The molecule has 0 aliphatic heterocycles. The van der Waals surface area contributed by atoms with E-state index in [1.165, 1.54) is 0 Å². The Labute approximate surface area is 90.0 Å². The standard InChI is InChI=1S/C4H10N2O2S.C2HF3O2/c1-2-9(7,8)6-4-3-5;3-2(4,5)1(6)7/h2,6H,1,3-5H2;(H,6,7). The van der Waals surface area contributed by atoms with E-state index in [0.717, 1.165) is 5.41 Å². The highest BCUT2D eigenvalue weighted by atomic mass is 32.2. The lowest BCUT2D eigenvalue weighted by Crippen LogP contribution is -2.27. The lowest BCUT2D eigenvalue weighted by atomic mass is 10.7. The first-order chi connectivity index (χ1) is 7.06. The first kappa shape index (κ1) is 17.3. The maximum Gasteiger partial charge on any atom is 0.490 e. The van der Waals surface area contributed by atoms with E-state index >= 15 is 0 Å². The third-order valence-electron chi connectivity index (χ3n) is 0.910. The summed E-state index contributed by atoms with van der Waals surface area (Å²) in [4.78, 5) is 8.90. The Balaban J connectivity index is 0. The minimum atomic E-state index is -5.08. The molecular formula is C6H11F3N2O4S. The van der Waals surface area contributed by atoms with Crippen LogP contribution in [0.2, 0.25) is 0 Å². The number of alkyl halides is 3. The first-order valence-corrected chi connectivity index (χ1v) is 5.23. The van der Waals surface area contributed by atoms with Crippen molar-refractivity contribution in [3.05, 3.63) is 12.0 Å². The van der Waals surface area contributed by atoms with Crippen LogP contribution in [0.1, 0.15) is 0 Å². The van der Waals surface area contributed by atoms with Gasteiger partial charge in [-0.1, -0.05) is 6.58 Å². The van der Waals surface area contributed by atoms with Crippen molar-refractivity contribution < 1.29 is 31.5 Å². The van der Waals surface area contributed by atoms with Crippen molar-refractivity contribution >= 4 is 16.0 Å². The van der Waals surface area contributed by atoms with Gasteiger partial charge in [-0.2, -0.15) is 13.2 Å². The quantitative estimate of drug-likeness (QED) is 0.642. The molecule has 0 aliphatic rings. The van der Waals surface area contributed by atoms with Gasteiger partial charge in [0.05, 0.1) is 0 Å². The second kappa shape index (κ2) is 7.19. The molecule has 0 saturated carbocycles. The van der Waals surface area contributed by atoms with E-state index in [1.54, 1.807) is 0 Å². The number of carboxylic acid groups (broad SMARTS) is 1.